The fourth-order valence-corrected chi connectivity index (χ4v) is 16.7. The van der Waals surface area contributed by atoms with Crippen LogP contribution in [-0.2, 0) is 21.7 Å². The van der Waals surface area contributed by atoms with E-state index in [4.69, 9.17) is 0 Å². The van der Waals surface area contributed by atoms with Gasteiger partial charge >= 0.3 is 0 Å². The van der Waals surface area contributed by atoms with Crippen molar-refractivity contribution in [1.29, 1.82) is 0 Å². The predicted octanol–water partition coefficient (Wildman–Crippen LogP) is 27.2. The van der Waals surface area contributed by atoms with E-state index in [-0.39, 0.29) is 21.7 Å². The first-order valence-electron chi connectivity index (χ1n) is 34.0. The van der Waals surface area contributed by atoms with E-state index < -0.39 is 0 Å². The Balaban J connectivity index is 1.02. The maximum atomic E-state index is 2.55. The lowest BCUT2D eigenvalue weighted by atomic mass is 9.75. The van der Waals surface area contributed by atoms with Gasteiger partial charge in [0.05, 0.1) is 0 Å². The van der Waals surface area contributed by atoms with Gasteiger partial charge in [-0.1, -0.05) is 301 Å². The third-order valence-electron chi connectivity index (χ3n) is 21.6. The molecule has 0 aliphatic heterocycles. The van der Waals surface area contributed by atoms with E-state index in [2.05, 4.69) is 326 Å². The first-order valence-corrected chi connectivity index (χ1v) is 34.0. The van der Waals surface area contributed by atoms with Gasteiger partial charge in [-0.2, -0.15) is 0 Å². The Bertz CT molecular complexity index is 5820. The van der Waals surface area contributed by atoms with Crippen LogP contribution < -0.4 is 0 Å². The summed E-state index contributed by atoms with van der Waals surface area (Å²) in [5.41, 5.74) is 25.8. The molecule has 94 heavy (non-hydrogen) atoms. The molecule has 18 rings (SSSR count). The van der Waals surface area contributed by atoms with Crippen LogP contribution in [0.15, 0.2) is 243 Å². The molecule has 0 unspecified atom stereocenters. The first-order chi connectivity index (χ1) is 45.2. The average Bonchev–Trinajstić information content (AvgIpc) is 1.50. The predicted molar refractivity (Wildman–Crippen MR) is 409 cm³/mol. The Labute approximate surface area is 552 Å². The highest BCUT2D eigenvalue weighted by Gasteiger charge is 2.39. The summed E-state index contributed by atoms with van der Waals surface area (Å²) < 4.78 is 0. The van der Waals surface area contributed by atoms with E-state index in [0.29, 0.717) is 0 Å². The molecule has 0 heteroatoms. The topological polar surface area (TPSA) is 0 Å². The molecule has 0 N–H and O–H groups in total. The number of fused-ring (bicyclic) bond motifs is 18. The molecule has 0 radical (unpaired) electrons. The Hall–Kier alpha value is -10.1. The quantitative estimate of drug-likeness (QED) is 0.122. The summed E-state index contributed by atoms with van der Waals surface area (Å²) in [5.74, 6) is 0. The fourth-order valence-electron chi connectivity index (χ4n) is 16.7. The summed E-state index contributed by atoms with van der Waals surface area (Å²) in [4.78, 5) is 0. The lowest BCUT2D eigenvalue weighted by Gasteiger charge is -2.29. The van der Waals surface area contributed by atoms with Gasteiger partial charge in [-0.05, 0) is 254 Å². The van der Waals surface area contributed by atoms with Gasteiger partial charge in [0.25, 0.3) is 0 Å². The third kappa shape index (κ3) is 8.31. The molecule has 0 heterocycles. The molecule has 0 saturated carbocycles. The zero-order valence-electron chi connectivity index (χ0n) is 56.1. The van der Waals surface area contributed by atoms with E-state index in [0.717, 1.165) is 0 Å². The zero-order valence-corrected chi connectivity index (χ0v) is 56.1. The second kappa shape index (κ2) is 19.7. The van der Waals surface area contributed by atoms with Gasteiger partial charge in [0.2, 0.25) is 0 Å². The van der Waals surface area contributed by atoms with Crippen molar-refractivity contribution in [2.24, 2.45) is 0 Å². The van der Waals surface area contributed by atoms with E-state index in [1.165, 1.54) is 208 Å². The van der Waals surface area contributed by atoms with Gasteiger partial charge < -0.3 is 0 Å². The van der Waals surface area contributed by atoms with Crippen LogP contribution in [0.2, 0.25) is 0 Å². The molecule has 16 aromatic rings. The van der Waals surface area contributed by atoms with Crippen LogP contribution in [0.25, 0.3) is 186 Å². The van der Waals surface area contributed by atoms with Gasteiger partial charge in [0.1, 0.15) is 0 Å². The van der Waals surface area contributed by atoms with Crippen LogP contribution >= 0.6 is 0 Å². The molecule has 0 aromatic heterocycles. The summed E-state index contributed by atoms with van der Waals surface area (Å²) in [6.07, 6.45) is 0. The number of hydrogen-bond donors (Lipinski definition) is 0. The van der Waals surface area contributed by atoms with E-state index in [1.54, 1.807) is 0 Å². The smallest absolute Gasteiger partial charge is 0.000740 e. The molecule has 0 nitrogen and oxygen atoms in total. The minimum atomic E-state index is -0.0855. The number of rotatable bonds is 4. The van der Waals surface area contributed by atoms with Crippen LogP contribution in [0.1, 0.15) is 105 Å². The molecule has 0 saturated heterocycles. The van der Waals surface area contributed by atoms with Crippen molar-refractivity contribution < 1.29 is 0 Å². The normalized spacial score (nSPS) is 13.1. The molecule has 0 atom stereocenters. The largest absolute Gasteiger partial charge is 0.0616 e. The van der Waals surface area contributed by atoms with Crippen molar-refractivity contribution in [1.82, 2.24) is 0 Å². The molecule has 2 aliphatic rings. The first kappa shape index (κ1) is 56.6. The summed E-state index contributed by atoms with van der Waals surface area (Å²) >= 11 is 0. The summed E-state index contributed by atoms with van der Waals surface area (Å²) in [6, 6.07) is 95.1. The van der Waals surface area contributed by atoms with Gasteiger partial charge in [-0.25, -0.2) is 0 Å². The Morgan fingerprint density at radius 1 is 0.170 bits per heavy atom. The van der Waals surface area contributed by atoms with E-state index in [9.17, 15) is 0 Å². The maximum Gasteiger partial charge on any atom is -0.000740 e. The molecule has 2 aliphatic carbocycles. The Kier molecular flexibility index (Phi) is 11.9. The Morgan fingerprint density at radius 2 is 0.457 bits per heavy atom. The average molecular weight is 1210 g/mol. The lowest BCUT2D eigenvalue weighted by Crippen LogP contribution is -2.17. The van der Waals surface area contributed by atoms with Crippen LogP contribution in [-0.4, -0.2) is 0 Å². The SMILES string of the molecule is CC(C)(C)c1cc(-c2c3c(c(-c4cc(C(C)(C)C)cc(C(C)(C)C)c4)c4ccccc24)-c2ccc4c5c(ccc-3c25)-c2c-4c(-c3ccc4c5ccccc5c5ccccc5c4c3)c3cc4ccccc4cc3c2-c2ccc3ccc4ccccc4c3c2)cc(C(C)(C)C)c1. The third-order valence-corrected chi connectivity index (χ3v) is 21.6. The molecule has 0 fully saturated rings. The van der Waals surface area contributed by atoms with Crippen LogP contribution in [0.3, 0.4) is 0 Å². The van der Waals surface area contributed by atoms with Crippen molar-refractivity contribution >= 4 is 97.0 Å². The molecule has 16 aromatic carbocycles. The van der Waals surface area contributed by atoms with Crippen molar-refractivity contribution in [2.45, 2.75) is 105 Å². The number of hydrogen-bond acceptors (Lipinski definition) is 0. The minimum Gasteiger partial charge on any atom is -0.0616 e. The summed E-state index contributed by atoms with van der Waals surface area (Å²) in [5, 5.41) is 23.0. The van der Waals surface area contributed by atoms with Crippen LogP contribution in [0, 0.1) is 0 Å². The summed E-state index contributed by atoms with van der Waals surface area (Å²) in [7, 11) is 0. The molecular formula is C94H76. The molecule has 0 spiro atoms. The van der Waals surface area contributed by atoms with Crippen molar-refractivity contribution in [3.05, 3.63) is 265 Å². The fraction of sp³-hybridized carbons (Fsp3) is 0.170. The highest BCUT2D eigenvalue weighted by atomic mass is 14.4. The highest BCUT2D eigenvalue weighted by Crippen LogP contribution is 2.65. The molecular weight excluding hydrogens is 1130 g/mol. The van der Waals surface area contributed by atoms with Crippen molar-refractivity contribution in [2.75, 3.05) is 0 Å². The monoisotopic (exact) mass is 1200 g/mol. The second-order valence-corrected chi connectivity index (χ2v) is 31.5. The Morgan fingerprint density at radius 3 is 0.851 bits per heavy atom. The standard InChI is InChI=1S/C94H76/c1-91(2,3)61-43-59(44-62(51-61)92(4,5)6)83-71-31-21-22-32-72(71)84(60-45-63(93(7,8)9)52-64(46-60)94(10,11)12)90-76-42-40-74-85-73(39-41-75(86(76)85)89(83)90)87-81(57-36-35-54-34-33-53-23-15-16-26-65(53)77(54)49-57)79-47-55-24-13-14-25-56(55)48-80(79)82(88(74)87)58-37-38-70-68-29-18-17-27-66(68)67-28-19-20-30-69(67)78(70)50-58/h13-52H,1-12H3. The van der Waals surface area contributed by atoms with Gasteiger partial charge in [-0.3, -0.25) is 0 Å². The number of benzene rings is 16. The van der Waals surface area contributed by atoms with Crippen LogP contribution in [0.4, 0.5) is 0 Å². The van der Waals surface area contributed by atoms with Crippen molar-refractivity contribution in [3.8, 4) is 89.0 Å². The molecule has 452 valence electrons. The summed E-state index contributed by atoms with van der Waals surface area (Å²) in [6.45, 7) is 28.5. The highest BCUT2D eigenvalue weighted by molar-refractivity contribution is 6.36. The molecule has 0 amide bonds. The minimum absolute atomic E-state index is 0.0855. The van der Waals surface area contributed by atoms with E-state index >= 15 is 0 Å². The molecule has 0 bridgehead atoms. The van der Waals surface area contributed by atoms with Crippen LogP contribution in [0.5, 0.6) is 0 Å². The van der Waals surface area contributed by atoms with E-state index in [1.807, 2.05) is 0 Å². The maximum absolute atomic E-state index is 2.55. The van der Waals surface area contributed by atoms with Gasteiger partial charge in [0.15, 0.2) is 0 Å². The van der Waals surface area contributed by atoms with Crippen molar-refractivity contribution in [3.63, 3.8) is 0 Å². The lowest BCUT2D eigenvalue weighted by molar-refractivity contribution is 0.568. The van der Waals surface area contributed by atoms with Gasteiger partial charge in [0, 0.05) is 0 Å². The second-order valence-electron chi connectivity index (χ2n) is 31.5. The van der Waals surface area contributed by atoms with Gasteiger partial charge in [-0.15, -0.1) is 0 Å². The zero-order chi connectivity index (χ0) is 64.2.